The molecule has 1 aromatic heterocycles. The number of halogens is 2. The summed E-state index contributed by atoms with van der Waals surface area (Å²) in [7, 11) is -4.27. The highest BCUT2D eigenvalue weighted by atomic mass is 35.5. The molecule has 51 heavy (non-hydrogen) atoms. The van der Waals surface area contributed by atoms with E-state index in [4.69, 9.17) is 51.7 Å². The van der Waals surface area contributed by atoms with Gasteiger partial charge in [-0.15, -0.1) is 0 Å². The van der Waals surface area contributed by atoms with Crippen LogP contribution < -0.4 is 10.5 Å². The molecule has 276 valence electrons. The number of hydrogen-bond acceptors (Lipinski definition) is 13. The highest BCUT2D eigenvalue weighted by Crippen LogP contribution is 2.29. The van der Waals surface area contributed by atoms with Crippen LogP contribution in [0.2, 0.25) is 10.0 Å². The van der Waals surface area contributed by atoms with Crippen LogP contribution in [-0.4, -0.2) is 81.1 Å². The van der Waals surface area contributed by atoms with Crippen molar-refractivity contribution >= 4 is 68.5 Å². The summed E-state index contributed by atoms with van der Waals surface area (Å²) in [5.41, 5.74) is -0.616. The lowest BCUT2D eigenvalue weighted by molar-refractivity contribution is -0.161. The first-order valence-corrected chi connectivity index (χ1v) is 17.5. The fraction of sp³-hybridized carbons (Fsp3) is 0.364. The first-order chi connectivity index (χ1) is 23.9. The summed E-state index contributed by atoms with van der Waals surface area (Å²) in [4.78, 5) is 63.9. The van der Waals surface area contributed by atoms with Gasteiger partial charge >= 0.3 is 18.0 Å². The number of carbonyl (C=O) groups is 5. The molecular weight excluding hydrogens is 733 g/mol. The number of Topliss-reactive ketones (excluding diaryl/α,β-unsaturated/α-hetero) is 2. The Hall–Kier alpha value is -4.48. The van der Waals surface area contributed by atoms with Crippen LogP contribution in [0.15, 0.2) is 64.1 Å². The van der Waals surface area contributed by atoms with Crippen molar-refractivity contribution in [3.8, 4) is 0 Å². The van der Waals surface area contributed by atoms with E-state index in [0.717, 1.165) is 6.07 Å². The number of furan rings is 1. The van der Waals surface area contributed by atoms with Crippen molar-refractivity contribution in [3.05, 3.63) is 81.7 Å². The third-order valence-electron chi connectivity index (χ3n) is 6.96. The van der Waals surface area contributed by atoms with Crippen molar-refractivity contribution in [2.75, 3.05) is 31.9 Å². The van der Waals surface area contributed by atoms with Crippen LogP contribution in [0.3, 0.4) is 0 Å². The first-order valence-electron chi connectivity index (χ1n) is 15.2. The van der Waals surface area contributed by atoms with Crippen LogP contribution >= 0.6 is 23.2 Å². The number of amides is 1. The van der Waals surface area contributed by atoms with Gasteiger partial charge in [-0.1, -0.05) is 35.3 Å². The fourth-order valence-electron chi connectivity index (χ4n) is 4.62. The molecule has 1 atom stereocenters. The summed E-state index contributed by atoms with van der Waals surface area (Å²) in [6.07, 6.45) is 0.0920. The van der Waals surface area contributed by atoms with Gasteiger partial charge in [-0.25, -0.2) is 27.9 Å². The van der Waals surface area contributed by atoms with Crippen molar-refractivity contribution in [3.63, 3.8) is 0 Å². The third-order valence-corrected chi connectivity index (χ3v) is 8.57. The molecule has 3 N–H and O–H groups in total. The van der Waals surface area contributed by atoms with E-state index >= 15 is 0 Å². The summed E-state index contributed by atoms with van der Waals surface area (Å²) in [6, 6.07) is 10.8. The summed E-state index contributed by atoms with van der Waals surface area (Å²) in [5, 5.41) is 8.28. The van der Waals surface area contributed by atoms with Gasteiger partial charge in [0.25, 0.3) is 0 Å². The number of sulfonamides is 1. The average molecular weight is 771 g/mol. The number of benzene rings is 2. The molecule has 0 fully saturated rings. The molecule has 1 heterocycles. The predicted octanol–water partition coefficient (Wildman–Crippen LogP) is 4.99. The van der Waals surface area contributed by atoms with E-state index in [1.807, 2.05) is 0 Å². The number of anilines is 1. The number of nitrogens with two attached hydrogens (primary N) is 1. The van der Waals surface area contributed by atoms with E-state index in [-0.39, 0.29) is 42.6 Å². The maximum atomic E-state index is 13.0. The molecule has 0 aliphatic heterocycles. The number of hydrogen-bond donors (Lipinski definition) is 2. The number of nitrogens with one attached hydrogen (secondary N) is 1. The van der Waals surface area contributed by atoms with Crippen LogP contribution in [0.1, 0.15) is 60.6 Å². The van der Waals surface area contributed by atoms with Crippen molar-refractivity contribution in [2.45, 2.75) is 57.1 Å². The largest absolute Gasteiger partial charge is 0.467 e. The molecule has 0 saturated heterocycles. The Morgan fingerprint density at radius 3 is 2.31 bits per heavy atom. The van der Waals surface area contributed by atoms with Crippen LogP contribution in [0.4, 0.5) is 10.5 Å². The predicted molar refractivity (Wildman–Crippen MR) is 184 cm³/mol. The third kappa shape index (κ3) is 12.1. The van der Waals surface area contributed by atoms with Crippen LogP contribution in [-0.2, 0) is 45.1 Å². The number of primary sulfonamides is 1. The van der Waals surface area contributed by atoms with Crippen LogP contribution in [0, 0.1) is 0 Å². The molecule has 2 aromatic carbocycles. The molecule has 1 unspecified atom stereocenters. The molecule has 3 rings (SSSR count). The minimum absolute atomic E-state index is 0.140. The Labute approximate surface area is 304 Å². The van der Waals surface area contributed by atoms with Gasteiger partial charge in [-0.05, 0) is 64.1 Å². The van der Waals surface area contributed by atoms with E-state index < -0.39 is 69.3 Å². The zero-order valence-electron chi connectivity index (χ0n) is 28.1. The number of ether oxygens (including phenoxy) is 4. The average Bonchev–Trinajstić information content (AvgIpc) is 3.57. The van der Waals surface area contributed by atoms with E-state index in [2.05, 4.69) is 5.32 Å². The van der Waals surface area contributed by atoms with Crippen LogP contribution in [0.25, 0.3) is 0 Å². The lowest BCUT2D eigenvalue weighted by Gasteiger charge is -2.38. The molecular formula is C33H37Cl2N3O12S. The SMILES string of the molecule is CC(C(=O)c1cccc(Cl)c1)N(C(=O)OCOC(=O)C(=O)CCOCCOC(=O)c1cc(S(N)(=O)=O)c(Cl)cc1NCc1ccco1)C(C)(C)C. The summed E-state index contributed by atoms with van der Waals surface area (Å²) < 4.78 is 49.4. The van der Waals surface area contributed by atoms with Crippen molar-refractivity contribution in [1.82, 2.24) is 4.90 Å². The molecule has 15 nitrogen and oxygen atoms in total. The topological polar surface area (TPSA) is 211 Å². The number of nitrogens with zero attached hydrogens (tertiary/aromatic N) is 1. The van der Waals surface area contributed by atoms with Crippen LogP contribution in [0.5, 0.6) is 0 Å². The van der Waals surface area contributed by atoms with Gasteiger partial charge < -0.3 is 28.7 Å². The summed E-state index contributed by atoms with van der Waals surface area (Å²) in [6.45, 7) is 5.09. The molecule has 18 heteroatoms. The van der Waals surface area contributed by atoms with Gasteiger partial charge in [-0.3, -0.25) is 14.5 Å². The minimum Gasteiger partial charge on any atom is -0.467 e. The summed E-state index contributed by atoms with van der Waals surface area (Å²) in [5.74, 6) is -3.07. The van der Waals surface area contributed by atoms with Gasteiger partial charge in [0.2, 0.25) is 22.6 Å². The van der Waals surface area contributed by atoms with Crippen molar-refractivity contribution in [2.24, 2.45) is 5.14 Å². The van der Waals surface area contributed by atoms with E-state index in [0.29, 0.717) is 16.3 Å². The second-order valence-corrected chi connectivity index (χ2v) is 14.2. The zero-order valence-corrected chi connectivity index (χ0v) is 30.4. The highest BCUT2D eigenvalue weighted by molar-refractivity contribution is 7.89. The molecule has 3 aromatic rings. The number of carbonyl (C=O) groups excluding carboxylic acids is 5. The molecule has 0 saturated carbocycles. The van der Waals surface area contributed by atoms with Gasteiger partial charge in [0.15, 0.2) is 5.78 Å². The fourth-order valence-corrected chi connectivity index (χ4v) is 5.91. The second-order valence-electron chi connectivity index (χ2n) is 11.8. The van der Waals surface area contributed by atoms with E-state index in [1.165, 1.54) is 30.2 Å². The van der Waals surface area contributed by atoms with Crippen molar-refractivity contribution in [1.29, 1.82) is 0 Å². The molecule has 0 radical (unpaired) electrons. The lowest BCUT2D eigenvalue weighted by atomic mass is 9.98. The van der Waals surface area contributed by atoms with Gasteiger partial charge in [-0.2, -0.15) is 0 Å². The Morgan fingerprint density at radius 2 is 1.69 bits per heavy atom. The molecule has 0 aliphatic rings. The maximum absolute atomic E-state index is 13.0. The Kier molecular flexibility index (Phi) is 14.6. The quantitative estimate of drug-likeness (QED) is 0.0610. The van der Waals surface area contributed by atoms with Gasteiger partial charge in [0, 0.05) is 22.5 Å². The highest BCUT2D eigenvalue weighted by Gasteiger charge is 2.36. The molecule has 0 aliphatic carbocycles. The first kappa shape index (κ1) is 40.9. The maximum Gasteiger partial charge on any atom is 0.413 e. The Morgan fingerprint density at radius 1 is 0.961 bits per heavy atom. The van der Waals surface area contributed by atoms with Gasteiger partial charge in [0.05, 0.1) is 48.3 Å². The molecule has 0 bridgehead atoms. The van der Waals surface area contributed by atoms with Gasteiger partial charge in [0.1, 0.15) is 17.3 Å². The normalized spacial score (nSPS) is 12.1. The van der Waals surface area contributed by atoms with E-state index in [9.17, 15) is 32.4 Å². The molecule has 0 spiro atoms. The zero-order chi connectivity index (χ0) is 37.9. The lowest BCUT2D eigenvalue weighted by Crippen LogP contribution is -2.53. The number of rotatable bonds is 17. The van der Waals surface area contributed by atoms with E-state index in [1.54, 1.807) is 51.1 Å². The minimum atomic E-state index is -4.27. The Bertz CT molecular complexity index is 1840. The second kappa shape index (κ2) is 18.1. The standard InChI is InChI=1S/C33H37Cl2N3O12S/c1-20(29(40)21-7-5-8-22(34)15-21)38(33(2,3)4)32(43)50-19-49-31(42)27(39)10-12-46-13-14-48-30(41)24-16-28(51(36,44)45)25(35)17-26(24)37-18-23-9-6-11-47-23/h5-9,11,15-17,20,37H,10,12-14,18-19H2,1-4H3,(H2,36,44,45). The smallest absolute Gasteiger partial charge is 0.413 e. The van der Waals surface area contributed by atoms with Crippen molar-refractivity contribution < 1.29 is 55.8 Å². The number of esters is 2. The monoisotopic (exact) mass is 769 g/mol. The number of ketones is 2. The Balaban J connectivity index is 1.44. The summed E-state index contributed by atoms with van der Waals surface area (Å²) >= 11 is 12.1. The molecule has 1 amide bonds.